The van der Waals surface area contributed by atoms with Crippen molar-refractivity contribution in [1.82, 2.24) is 10.6 Å². The van der Waals surface area contributed by atoms with E-state index in [-0.39, 0.29) is 5.75 Å². The second-order valence-electron chi connectivity index (χ2n) is 4.20. The Morgan fingerprint density at radius 1 is 1.14 bits per heavy atom. The number of halogens is 3. The van der Waals surface area contributed by atoms with Crippen molar-refractivity contribution in [3.63, 3.8) is 0 Å². The molecule has 0 aliphatic carbocycles. The molecule has 0 heterocycles. The average molecular weight is 321 g/mol. The predicted octanol–water partition coefficient (Wildman–Crippen LogP) is 1.94. The van der Waals surface area contributed by atoms with Crippen LogP contribution in [0.15, 0.2) is 24.3 Å². The van der Waals surface area contributed by atoms with Gasteiger partial charge < -0.3 is 25.4 Å². The van der Waals surface area contributed by atoms with Crippen LogP contribution in [-0.2, 0) is 4.74 Å². The van der Waals surface area contributed by atoms with Crippen molar-refractivity contribution in [2.24, 2.45) is 0 Å². The van der Waals surface area contributed by atoms with Crippen LogP contribution >= 0.6 is 0 Å². The molecule has 0 aliphatic rings. The van der Waals surface area contributed by atoms with Gasteiger partial charge >= 0.3 is 12.4 Å². The molecule has 124 valence electrons. The zero-order valence-corrected chi connectivity index (χ0v) is 12.0. The standard InChI is InChI=1S/C13H18F3N3O3/c1-21-9-8-17-6-7-18-12(20)19-10-2-4-11(5-3-10)22-13(14,15)16/h2-5,17H,6-9H2,1H3,(H2,18,19,20). The van der Waals surface area contributed by atoms with Gasteiger partial charge in [-0.05, 0) is 24.3 Å². The minimum Gasteiger partial charge on any atom is -0.406 e. The number of alkyl halides is 3. The smallest absolute Gasteiger partial charge is 0.406 e. The SMILES string of the molecule is COCCNCCNC(=O)Nc1ccc(OC(F)(F)F)cc1. The monoisotopic (exact) mass is 321 g/mol. The van der Waals surface area contributed by atoms with Crippen molar-refractivity contribution in [2.75, 3.05) is 38.7 Å². The second kappa shape index (κ2) is 9.11. The predicted molar refractivity (Wildman–Crippen MR) is 74.9 cm³/mol. The van der Waals surface area contributed by atoms with Crippen LogP contribution in [0, 0.1) is 0 Å². The van der Waals surface area contributed by atoms with Crippen LogP contribution in [0.25, 0.3) is 0 Å². The number of methoxy groups -OCH3 is 1. The van der Waals surface area contributed by atoms with Gasteiger partial charge in [0, 0.05) is 32.4 Å². The van der Waals surface area contributed by atoms with Crippen LogP contribution in [0.1, 0.15) is 0 Å². The summed E-state index contributed by atoms with van der Waals surface area (Å²) in [4.78, 5) is 11.5. The first-order valence-corrected chi connectivity index (χ1v) is 6.51. The van der Waals surface area contributed by atoms with Gasteiger partial charge in [-0.25, -0.2) is 4.79 Å². The summed E-state index contributed by atoms with van der Waals surface area (Å²) >= 11 is 0. The lowest BCUT2D eigenvalue weighted by Gasteiger charge is -2.10. The molecule has 1 rings (SSSR count). The summed E-state index contributed by atoms with van der Waals surface area (Å²) in [6, 6.07) is 4.43. The van der Waals surface area contributed by atoms with Gasteiger partial charge in [-0.15, -0.1) is 13.2 Å². The second-order valence-corrected chi connectivity index (χ2v) is 4.20. The van der Waals surface area contributed by atoms with Crippen LogP contribution in [0.2, 0.25) is 0 Å². The van der Waals surface area contributed by atoms with E-state index in [2.05, 4.69) is 20.7 Å². The van der Waals surface area contributed by atoms with Gasteiger partial charge in [0.05, 0.1) is 6.61 Å². The molecule has 0 fully saturated rings. The zero-order chi connectivity index (χ0) is 16.4. The Labute approximate surface area is 126 Å². The van der Waals surface area contributed by atoms with Crippen molar-refractivity contribution in [2.45, 2.75) is 6.36 Å². The lowest BCUT2D eigenvalue weighted by Crippen LogP contribution is -2.35. The Morgan fingerprint density at radius 3 is 2.41 bits per heavy atom. The molecular weight excluding hydrogens is 303 g/mol. The quantitative estimate of drug-likeness (QED) is 0.640. The third kappa shape index (κ3) is 8.32. The molecule has 1 aromatic carbocycles. The fourth-order valence-electron chi connectivity index (χ4n) is 1.48. The van der Waals surface area contributed by atoms with E-state index in [9.17, 15) is 18.0 Å². The largest absolute Gasteiger partial charge is 0.573 e. The highest BCUT2D eigenvalue weighted by molar-refractivity contribution is 5.89. The van der Waals surface area contributed by atoms with Crippen LogP contribution in [-0.4, -0.2) is 45.7 Å². The molecule has 3 N–H and O–H groups in total. The van der Waals surface area contributed by atoms with Gasteiger partial charge in [-0.3, -0.25) is 0 Å². The number of hydrogen-bond donors (Lipinski definition) is 3. The first kappa shape index (κ1) is 18.1. The first-order chi connectivity index (χ1) is 10.4. The molecule has 0 atom stereocenters. The van der Waals surface area contributed by atoms with E-state index in [0.29, 0.717) is 31.9 Å². The summed E-state index contributed by atoms with van der Waals surface area (Å²) in [5.41, 5.74) is 0.361. The maximum Gasteiger partial charge on any atom is 0.573 e. The third-order valence-corrected chi connectivity index (χ3v) is 2.42. The van der Waals surface area contributed by atoms with Crippen molar-refractivity contribution >= 4 is 11.7 Å². The number of carbonyl (C=O) groups is 1. The maximum absolute atomic E-state index is 12.0. The number of rotatable bonds is 8. The maximum atomic E-state index is 12.0. The van der Waals surface area contributed by atoms with Gasteiger partial charge in [-0.2, -0.15) is 0 Å². The molecule has 0 unspecified atom stereocenters. The number of ether oxygens (including phenoxy) is 2. The van der Waals surface area contributed by atoms with E-state index in [1.165, 1.54) is 12.1 Å². The van der Waals surface area contributed by atoms with Crippen LogP contribution < -0.4 is 20.7 Å². The minimum atomic E-state index is -4.73. The molecule has 1 aromatic rings. The van der Waals surface area contributed by atoms with E-state index < -0.39 is 12.4 Å². The van der Waals surface area contributed by atoms with E-state index in [1.807, 2.05) is 0 Å². The Balaban J connectivity index is 2.27. The van der Waals surface area contributed by atoms with Gasteiger partial charge in [0.2, 0.25) is 0 Å². The zero-order valence-electron chi connectivity index (χ0n) is 12.0. The molecule has 6 nitrogen and oxygen atoms in total. The van der Waals surface area contributed by atoms with Crippen LogP contribution in [0.4, 0.5) is 23.7 Å². The molecule has 0 saturated carbocycles. The number of amides is 2. The summed E-state index contributed by atoms with van der Waals surface area (Å²) in [5.74, 6) is -0.346. The van der Waals surface area contributed by atoms with Crippen LogP contribution in [0.3, 0.4) is 0 Å². The molecule has 0 bridgehead atoms. The highest BCUT2D eigenvalue weighted by Gasteiger charge is 2.30. The summed E-state index contributed by atoms with van der Waals surface area (Å²) in [7, 11) is 1.60. The van der Waals surface area contributed by atoms with Crippen molar-refractivity contribution in [3.05, 3.63) is 24.3 Å². The Morgan fingerprint density at radius 2 is 1.82 bits per heavy atom. The van der Waals surface area contributed by atoms with Crippen LogP contribution in [0.5, 0.6) is 5.75 Å². The van der Waals surface area contributed by atoms with Gasteiger partial charge in [0.15, 0.2) is 0 Å². The number of anilines is 1. The number of urea groups is 1. The number of carbonyl (C=O) groups excluding carboxylic acids is 1. The molecular formula is C13H18F3N3O3. The fraction of sp³-hybridized carbons (Fsp3) is 0.462. The topological polar surface area (TPSA) is 71.6 Å². The summed E-state index contributed by atoms with van der Waals surface area (Å²) in [5, 5.41) is 8.14. The number of hydrogen-bond acceptors (Lipinski definition) is 4. The minimum absolute atomic E-state index is 0.346. The molecule has 22 heavy (non-hydrogen) atoms. The molecule has 0 radical (unpaired) electrons. The van der Waals surface area contributed by atoms with Crippen molar-refractivity contribution in [1.29, 1.82) is 0 Å². The van der Waals surface area contributed by atoms with Gasteiger partial charge in [-0.1, -0.05) is 0 Å². The first-order valence-electron chi connectivity index (χ1n) is 6.51. The van der Waals surface area contributed by atoms with Gasteiger partial charge in [0.1, 0.15) is 5.75 Å². The summed E-state index contributed by atoms with van der Waals surface area (Å²) in [6.45, 7) is 2.25. The third-order valence-electron chi connectivity index (χ3n) is 2.42. The Bertz CT molecular complexity index is 452. The number of nitrogens with one attached hydrogen (secondary N) is 3. The highest BCUT2D eigenvalue weighted by atomic mass is 19.4. The average Bonchev–Trinajstić information content (AvgIpc) is 2.43. The molecule has 2 amide bonds. The van der Waals surface area contributed by atoms with E-state index >= 15 is 0 Å². The highest BCUT2D eigenvalue weighted by Crippen LogP contribution is 2.23. The van der Waals surface area contributed by atoms with E-state index in [0.717, 1.165) is 12.1 Å². The molecule has 0 spiro atoms. The van der Waals surface area contributed by atoms with E-state index in [1.54, 1.807) is 7.11 Å². The molecule has 9 heteroatoms. The normalized spacial score (nSPS) is 11.1. The molecule has 0 saturated heterocycles. The Hall–Kier alpha value is -2.00. The van der Waals surface area contributed by atoms with Gasteiger partial charge in [0.25, 0.3) is 0 Å². The molecule has 0 aromatic heterocycles. The lowest BCUT2D eigenvalue weighted by molar-refractivity contribution is -0.274. The van der Waals surface area contributed by atoms with E-state index in [4.69, 9.17) is 4.74 Å². The summed E-state index contributed by atoms with van der Waals surface area (Å²) in [6.07, 6.45) is -4.73. The lowest BCUT2D eigenvalue weighted by atomic mass is 10.3. The van der Waals surface area contributed by atoms with Crippen molar-refractivity contribution in [3.8, 4) is 5.75 Å². The van der Waals surface area contributed by atoms with Crippen molar-refractivity contribution < 1.29 is 27.4 Å². The summed E-state index contributed by atoms with van der Waals surface area (Å²) < 4.78 is 44.5. The molecule has 0 aliphatic heterocycles. The number of benzene rings is 1. The fourth-order valence-corrected chi connectivity index (χ4v) is 1.48. The Kier molecular flexibility index (Phi) is 7.47.